The van der Waals surface area contributed by atoms with Crippen molar-refractivity contribution in [2.24, 2.45) is 16.7 Å². The van der Waals surface area contributed by atoms with Crippen LogP contribution in [0, 0.1) is 16.7 Å². The van der Waals surface area contributed by atoms with E-state index in [0.29, 0.717) is 17.3 Å². The molecule has 0 nitrogen and oxygen atoms in total. The molecule has 2 aromatic rings. The van der Waals surface area contributed by atoms with Crippen LogP contribution in [-0.2, 0) is 10.8 Å². The first kappa shape index (κ1) is 28.2. The molecule has 3 atom stereocenters. The molecule has 39 heavy (non-hydrogen) atoms. The molecule has 5 rings (SSSR count). The van der Waals surface area contributed by atoms with Crippen molar-refractivity contribution in [3.05, 3.63) is 94.1 Å². The maximum atomic E-state index is 2.62. The van der Waals surface area contributed by atoms with Gasteiger partial charge in [0.05, 0.1) is 0 Å². The standard InChI is InChI=1S/C39H52/c1-36(2,3)26-17-18-28(21-26)39(10,11)35-32-22-27(37(4,5)6)19-20-30(32)34-31(25-15-13-12-14-16-25)23-29(24-33(34)35)38(7,8)9/h12-15,18-20,22-26,35H,16-17,21H2,1-11H3. The Bertz CT molecular complexity index is 1350. The molecule has 0 aromatic heterocycles. The highest BCUT2D eigenvalue weighted by molar-refractivity contribution is 5.84. The lowest BCUT2D eigenvalue weighted by molar-refractivity contribution is 0.241. The number of fused-ring (bicyclic) bond motifs is 3. The SMILES string of the molecule is CC(C)(C)c1ccc2c(c1)C(C(C)(C)C1=CCC(C(C)(C)C)C1)c1cc(C(C)(C)C)cc(C3C=CC=CC3)c1-2. The first-order chi connectivity index (χ1) is 18.0. The molecule has 2 aromatic carbocycles. The van der Waals surface area contributed by atoms with Crippen molar-refractivity contribution in [1.82, 2.24) is 0 Å². The summed E-state index contributed by atoms with van der Waals surface area (Å²) in [5.74, 6) is 1.52. The average molecular weight is 521 g/mol. The third-order valence-electron chi connectivity index (χ3n) is 10.1. The summed E-state index contributed by atoms with van der Waals surface area (Å²) in [6.45, 7) is 26.6. The Morgan fingerprint density at radius 3 is 1.87 bits per heavy atom. The Balaban J connectivity index is 1.76. The quantitative estimate of drug-likeness (QED) is 0.353. The monoisotopic (exact) mass is 520 g/mol. The predicted molar refractivity (Wildman–Crippen MR) is 171 cm³/mol. The molecule has 3 aliphatic carbocycles. The summed E-state index contributed by atoms with van der Waals surface area (Å²) < 4.78 is 0. The van der Waals surface area contributed by atoms with Crippen LogP contribution in [0.15, 0.2) is 66.3 Å². The highest BCUT2D eigenvalue weighted by atomic mass is 14.5. The molecule has 0 amide bonds. The van der Waals surface area contributed by atoms with Crippen molar-refractivity contribution in [2.45, 2.75) is 118 Å². The zero-order valence-electron chi connectivity index (χ0n) is 26.6. The van der Waals surface area contributed by atoms with Crippen LogP contribution in [0.3, 0.4) is 0 Å². The van der Waals surface area contributed by atoms with E-state index in [2.05, 4.69) is 137 Å². The second kappa shape index (κ2) is 9.36. The summed E-state index contributed by atoms with van der Waals surface area (Å²) in [6, 6.07) is 12.6. The average Bonchev–Trinajstić information content (AvgIpc) is 3.47. The summed E-state index contributed by atoms with van der Waals surface area (Å²) in [7, 11) is 0. The van der Waals surface area contributed by atoms with E-state index in [1.165, 1.54) is 40.7 Å². The molecule has 0 spiro atoms. The van der Waals surface area contributed by atoms with Crippen molar-refractivity contribution in [3.8, 4) is 11.1 Å². The predicted octanol–water partition coefficient (Wildman–Crippen LogP) is 11.4. The number of hydrogen-bond donors (Lipinski definition) is 0. The van der Waals surface area contributed by atoms with Gasteiger partial charge in [-0.2, -0.15) is 0 Å². The molecule has 3 aliphatic rings. The highest BCUT2D eigenvalue weighted by Crippen LogP contribution is 2.60. The van der Waals surface area contributed by atoms with Crippen LogP contribution >= 0.6 is 0 Å². The fourth-order valence-corrected chi connectivity index (χ4v) is 7.29. The first-order valence-electron chi connectivity index (χ1n) is 15.4. The Labute approximate surface area is 239 Å². The second-order valence-corrected chi connectivity index (χ2v) is 16.4. The molecular formula is C39H52. The Kier molecular flexibility index (Phi) is 6.77. The van der Waals surface area contributed by atoms with E-state index in [4.69, 9.17) is 0 Å². The van der Waals surface area contributed by atoms with E-state index < -0.39 is 0 Å². The summed E-state index contributed by atoms with van der Waals surface area (Å²) in [4.78, 5) is 0. The van der Waals surface area contributed by atoms with Gasteiger partial charge in [-0.1, -0.05) is 142 Å². The van der Waals surface area contributed by atoms with E-state index in [9.17, 15) is 0 Å². The van der Waals surface area contributed by atoms with Gasteiger partial charge in [0.2, 0.25) is 0 Å². The van der Waals surface area contributed by atoms with Gasteiger partial charge in [0.15, 0.2) is 0 Å². The number of rotatable bonds is 3. The number of hydrogen-bond acceptors (Lipinski definition) is 0. The molecule has 0 aliphatic heterocycles. The van der Waals surface area contributed by atoms with Crippen LogP contribution in [0.5, 0.6) is 0 Å². The molecule has 0 saturated heterocycles. The lowest BCUT2D eigenvalue weighted by Gasteiger charge is -2.38. The fourth-order valence-electron chi connectivity index (χ4n) is 7.29. The Morgan fingerprint density at radius 1 is 0.667 bits per heavy atom. The lowest BCUT2D eigenvalue weighted by atomic mass is 9.66. The topological polar surface area (TPSA) is 0 Å². The third kappa shape index (κ3) is 5.03. The van der Waals surface area contributed by atoms with Gasteiger partial charge in [0, 0.05) is 11.8 Å². The molecule has 208 valence electrons. The summed E-state index contributed by atoms with van der Waals surface area (Å²) >= 11 is 0. The van der Waals surface area contributed by atoms with E-state index in [0.717, 1.165) is 12.3 Å². The molecule has 0 radical (unpaired) electrons. The molecule has 0 heteroatoms. The molecule has 3 unspecified atom stereocenters. The highest BCUT2D eigenvalue weighted by Gasteiger charge is 2.45. The van der Waals surface area contributed by atoms with E-state index in [-0.39, 0.29) is 16.2 Å². The van der Waals surface area contributed by atoms with Crippen molar-refractivity contribution in [3.63, 3.8) is 0 Å². The second-order valence-electron chi connectivity index (χ2n) is 16.4. The lowest BCUT2D eigenvalue weighted by Crippen LogP contribution is -2.26. The van der Waals surface area contributed by atoms with Gasteiger partial charge < -0.3 is 0 Å². The summed E-state index contributed by atoms with van der Waals surface area (Å²) in [5.41, 5.74) is 12.8. The maximum absolute atomic E-state index is 2.62. The minimum Gasteiger partial charge on any atom is -0.0844 e. The van der Waals surface area contributed by atoms with Gasteiger partial charge >= 0.3 is 0 Å². The molecular weight excluding hydrogens is 468 g/mol. The van der Waals surface area contributed by atoms with Gasteiger partial charge in [0.25, 0.3) is 0 Å². The largest absolute Gasteiger partial charge is 0.0844 e. The van der Waals surface area contributed by atoms with Crippen molar-refractivity contribution in [1.29, 1.82) is 0 Å². The summed E-state index contributed by atoms with van der Waals surface area (Å²) in [6.07, 6.45) is 15.4. The van der Waals surface area contributed by atoms with Crippen molar-refractivity contribution < 1.29 is 0 Å². The third-order valence-corrected chi connectivity index (χ3v) is 10.1. The number of benzene rings is 2. The maximum Gasteiger partial charge on any atom is 0.0190 e. The van der Waals surface area contributed by atoms with Crippen LogP contribution < -0.4 is 0 Å². The zero-order valence-corrected chi connectivity index (χ0v) is 26.6. The normalized spacial score (nSPS) is 23.2. The van der Waals surface area contributed by atoms with Gasteiger partial charge in [-0.15, -0.1) is 0 Å². The van der Waals surface area contributed by atoms with Gasteiger partial charge in [0.1, 0.15) is 0 Å². The molecule has 0 heterocycles. The molecule has 0 fully saturated rings. The van der Waals surface area contributed by atoms with Crippen LogP contribution in [-0.4, -0.2) is 0 Å². The van der Waals surface area contributed by atoms with Gasteiger partial charge in [-0.3, -0.25) is 0 Å². The van der Waals surface area contributed by atoms with Crippen molar-refractivity contribution in [2.75, 3.05) is 0 Å². The van der Waals surface area contributed by atoms with Crippen molar-refractivity contribution >= 4 is 0 Å². The summed E-state index contributed by atoms with van der Waals surface area (Å²) in [5, 5.41) is 0. The van der Waals surface area contributed by atoms with Crippen LogP contribution in [0.2, 0.25) is 0 Å². The smallest absolute Gasteiger partial charge is 0.0190 e. The first-order valence-corrected chi connectivity index (χ1v) is 15.4. The Morgan fingerprint density at radius 2 is 1.31 bits per heavy atom. The van der Waals surface area contributed by atoms with Crippen LogP contribution in [0.25, 0.3) is 11.1 Å². The van der Waals surface area contributed by atoms with Gasteiger partial charge in [-0.25, -0.2) is 0 Å². The van der Waals surface area contributed by atoms with E-state index >= 15 is 0 Å². The molecule has 0 N–H and O–H groups in total. The minimum atomic E-state index is 0.0482. The van der Waals surface area contributed by atoms with E-state index in [1.807, 2.05) is 0 Å². The Hall–Kier alpha value is -2.34. The zero-order chi connectivity index (χ0) is 28.5. The number of allylic oxidation sites excluding steroid dienone is 6. The molecule has 0 saturated carbocycles. The van der Waals surface area contributed by atoms with Gasteiger partial charge in [-0.05, 0) is 85.8 Å². The van der Waals surface area contributed by atoms with E-state index in [1.54, 1.807) is 16.7 Å². The minimum absolute atomic E-state index is 0.0482. The van der Waals surface area contributed by atoms with Crippen LogP contribution in [0.1, 0.15) is 135 Å². The molecule has 0 bridgehead atoms. The van der Waals surface area contributed by atoms with Crippen LogP contribution in [0.4, 0.5) is 0 Å². The fraction of sp³-hybridized carbons (Fsp3) is 0.538.